The number of aromatic nitrogens is 1. The molecule has 0 fully saturated rings. The van der Waals surface area contributed by atoms with Gasteiger partial charge in [0.25, 0.3) is 0 Å². The third-order valence-corrected chi connectivity index (χ3v) is 5.81. The molecule has 0 aliphatic rings. The largest absolute Gasteiger partial charge is 0.493 e. The summed E-state index contributed by atoms with van der Waals surface area (Å²) in [7, 11) is 3.20. The maximum atomic E-state index is 12.2. The Bertz CT molecular complexity index is 939. The average Bonchev–Trinajstić information content (AvgIpc) is 3.17. The van der Waals surface area contributed by atoms with E-state index in [0.29, 0.717) is 22.4 Å². The highest BCUT2D eigenvalue weighted by atomic mass is 32.2. The molecule has 1 N–H and O–H groups in total. The molecule has 28 heavy (non-hydrogen) atoms. The predicted octanol–water partition coefficient (Wildman–Crippen LogP) is 5.01. The molecule has 0 aliphatic heterocycles. The van der Waals surface area contributed by atoms with Crippen LogP contribution in [-0.4, -0.2) is 30.9 Å². The first-order valence-electron chi connectivity index (χ1n) is 8.70. The summed E-state index contributed by atoms with van der Waals surface area (Å²) in [5, 5.41) is 5.37. The number of thioether (sulfide) groups is 1. The second-order valence-electron chi connectivity index (χ2n) is 6.13. The van der Waals surface area contributed by atoms with Crippen molar-refractivity contribution < 1.29 is 14.3 Å². The zero-order valence-corrected chi connectivity index (χ0v) is 17.7. The van der Waals surface area contributed by atoms with Gasteiger partial charge in [0, 0.05) is 16.7 Å². The van der Waals surface area contributed by atoms with Gasteiger partial charge in [-0.1, -0.05) is 29.8 Å². The summed E-state index contributed by atoms with van der Waals surface area (Å²) >= 11 is 2.99. The summed E-state index contributed by atoms with van der Waals surface area (Å²) < 4.78 is 10.6. The molecule has 1 amide bonds. The lowest BCUT2D eigenvalue weighted by molar-refractivity contribution is -0.113. The predicted molar refractivity (Wildman–Crippen MR) is 117 cm³/mol. The Morgan fingerprint density at radius 3 is 2.57 bits per heavy atom. The van der Waals surface area contributed by atoms with Crippen molar-refractivity contribution in [3.8, 4) is 22.8 Å². The smallest absolute Gasteiger partial charge is 0.236 e. The number of aryl methyl sites for hydroxylation is 1. The van der Waals surface area contributed by atoms with Crippen molar-refractivity contribution in [1.29, 1.82) is 0 Å². The van der Waals surface area contributed by atoms with Crippen LogP contribution in [-0.2, 0) is 10.5 Å². The fraction of sp³-hybridized carbons (Fsp3) is 0.238. The van der Waals surface area contributed by atoms with Gasteiger partial charge < -0.3 is 14.8 Å². The van der Waals surface area contributed by atoms with E-state index in [1.807, 2.05) is 23.6 Å². The number of carbonyl (C=O) groups excluding carboxylic acids is 1. The minimum Gasteiger partial charge on any atom is -0.493 e. The number of thiazole rings is 1. The van der Waals surface area contributed by atoms with Crippen LogP contribution in [0.5, 0.6) is 11.5 Å². The fourth-order valence-electron chi connectivity index (χ4n) is 2.56. The maximum Gasteiger partial charge on any atom is 0.236 e. The van der Waals surface area contributed by atoms with Crippen molar-refractivity contribution in [3.05, 3.63) is 59.0 Å². The van der Waals surface area contributed by atoms with Crippen LogP contribution in [0, 0.1) is 6.92 Å². The van der Waals surface area contributed by atoms with Gasteiger partial charge in [-0.15, -0.1) is 23.1 Å². The molecule has 3 aromatic rings. The summed E-state index contributed by atoms with van der Waals surface area (Å²) in [5.41, 5.74) is 4.14. The van der Waals surface area contributed by atoms with E-state index in [1.165, 1.54) is 22.5 Å². The number of methoxy groups -OCH3 is 2. The minimum absolute atomic E-state index is 0.0506. The molecule has 5 nitrogen and oxygen atoms in total. The molecule has 3 rings (SSSR count). The van der Waals surface area contributed by atoms with Crippen molar-refractivity contribution in [1.82, 2.24) is 4.98 Å². The monoisotopic (exact) mass is 414 g/mol. The Morgan fingerprint density at radius 1 is 1.11 bits per heavy atom. The summed E-state index contributed by atoms with van der Waals surface area (Å²) in [5.74, 6) is 2.46. The first-order chi connectivity index (χ1) is 13.6. The number of rotatable bonds is 8. The molecule has 1 heterocycles. The highest BCUT2D eigenvalue weighted by molar-refractivity contribution is 7.99. The summed E-state index contributed by atoms with van der Waals surface area (Å²) in [6.07, 6.45) is 0. The van der Waals surface area contributed by atoms with Gasteiger partial charge in [-0.25, -0.2) is 4.98 Å². The molecule has 0 saturated heterocycles. The zero-order chi connectivity index (χ0) is 19.9. The number of carbonyl (C=O) groups is 1. The van der Waals surface area contributed by atoms with Crippen molar-refractivity contribution in [2.45, 2.75) is 12.7 Å². The highest BCUT2D eigenvalue weighted by Crippen LogP contribution is 2.33. The van der Waals surface area contributed by atoms with Crippen LogP contribution < -0.4 is 14.8 Å². The Labute approximate surface area is 173 Å². The molecule has 0 aliphatic carbocycles. The first-order valence-corrected chi connectivity index (χ1v) is 10.7. The lowest BCUT2D eigenvalue weighted by Gasteiger charge is -2.08. The van der Waals surface area contributed by atoms with Crippen LogP contribution in [0.25, 0.3) is 11.3 Å². The molecule has 0 saturated carbocycles. The molecular formula is C21H22N2O3S2. The molecular weight excluding hydrogens is 392 g/mol. The third-order valence-electron chi connectivity index (χ3n) is 4.05. The second-order valence-corrected chi connectivity index (χ2v) is 7.98. The first kappa shape index (κ1) is 20.2. The molecule has 1 aromatic heterocycles. The number of anilines is 1. The molecule has 0 radical (unpaired) electrons. The Kier molecular flexibility index (Phi) is 6.95. The minimum atomic E-state index is -0.0506. The lowest BCUT2D eigenvalue weighted by Crippen LogP contribution is -2.13. The van der Waals surface area contributed by atoms with Crippen LogP contribution >= 0.6 is 23.1 Å². The van der Waals surface area contributed by atoms with Gasteiger partial charge in [-0.2, -0.15) is 0 Å². The standard InChI is InChI=1S/C21H22N2O3S2/c1-14-4-6-15(7-5-14)11-27-13-20(24)23-21-22-17(12-28-21)16-8-9-18(25-2)19(10-16)26-3/h4-10,12H,11,13H2,1-3H3,(H,22,23,24). The fourth-order valence-corrected chi connectivity index (χ4v) is 4.08. The van der Waals surface area contributed by atoms with Gasteiger partial charge in [-0.05, 0) is 30.7 Å². The lowest BCUT2D eigenvalue weighted by atomic mass is 10.1. The summed E-state index contributed by atoms with van der Waals surface area (Å²) in [6.45, 7) is 2.06. The number of benzene rings is 2. The average molecular weight is 415 g/mol. The summed E-state index contributed by atoms with van der Waals surface area (Å²) in [6, 6.07) is 14.0. The van der Waals surface area contributed by atoms with E-state index in [0.717, 1.165) is 17.0 Å². The number of amides is 1. The maximum absolute atomic E-state index is 12.2. The third kappa shape index (κ3) is 5.27. The number of hydrogen-bond donors (Lipinski definition) is 1. The highest BCUT2D eigenvalue weighted by Gasteiger charge is 2.11. The van der Waals surface area contributed by atoms with E-state index in [-0.39, 0.29) is 5.91 Å². The van der Waals surface area contributed by atoms with Gasteiger partial charge in [0.05, 0.1) is 25.7 Å². The van der Waals surface area contributed by atoms with Crippen molar-refractivity contribution in [2.24, 2.45) is 0 Å². The molecule has 2 aromatic carbocycles. The van der Waals surface area contributed by atoms with Gasteiger partial charge in [0.1, 0.15) is 0 Å². The van der Waals surface area contributed by atoms with E-state index < -0.39 is 0 Å². The Morgan fingerprint density at radius 2 is 1.86 bits per heavy atom. The second kappa shape index (κ2) is 9.61. The number of hydrogen-bond acceptors (Lipinski definition) is 6. The number of ether oxygens (including phenoxy) is 2. The Hall–Kier alpha value is -2.51. The SMILES string of the molecule is COc1ccc(-c2csc(NC(=O)CSCc3ccc(C)cc3)n2)cc1OC. The van der Waals surface area contributed by atoms with Crippen molar-refractivity contribution >= 4 is 34.1 Å². The Balaban J connectivity index is 1.55. The molecule has 0 atom stereocenters. The number of nitrogens with one attached hydrogen (secondary N) is 1. The summed E-state index contributed by atoms with van der Waals surface area (Å²) in [4.78, 5) is 16.7. The zero-order valence-electron chi connectivity index (χ0n) is 16.0. The molecule has 146 valence electrons. The van der Waals surface area contributed by atoms with Gasteiger partial charge >= 0.3 is 0 Å². The quantitative estimate of drug-likeness (QED) is 0.562. The molecule has 0 unspecified atom stereocenters. The van der Waals surface area contributed by atoms with E-state index in [1.54, 1.807) is 26.0 Å². The van der Waals surface area contributed by atoms with Crippen LogP contribution in [0.2, 0.25) is 0 Å². The van der Waals surface area contributed by atoms with Gasteiger partial charge in [-0.3, -0.25) is 4.79 Å². The van der Waals surface area contributed by atoms with E-state index >= 15 is 0 Å². The van der Waals surface area contributed by atoms with Crippen LogP contribution in [0.4, 0.5) is 5.13 Å². The molecule has 0 spiro atoms. The van der Waals surface area contributed by atoms with Crippen LogP contribution in [0.1, 0.15) is 11.1 Å². The number of nitrogens with zero attached hydrogens (tertiary/aromatic N) is 1. The van der Waals surface area contributed by atoms with E-state index in [9.17, 15) is 4.79 Å². The van der Waals surface area contributed by atoms with Crippen LogP contribution in [0.3, 0.4) is 0 Å². The van der Waals surface area contributed by atoms with E-state index in [4.69, 9.17) is 9.47 Å². The normalized spacial score (nSPS) is 10.5. The topological polar surface area (TPSA) is 60.5 Å². The molecule has 0 bridgehead atoms. The van der Waals surface area contributed by atoms with Crippen molar-refractivity contribution in [3.63, 3.8) is 0 Å². The van der Waals surface area contributed by atoms with Gasteiger partial charge in [0.2, 0.25) is 5.91 Å². The van der Waals surface area contributed by atoms with Crippen molar-refractivity contribution in [2.75, 3.05) is 25.3 Å². The van der Waals surface area contributed by atoms with Gasteiger partial charge in [0.15, 0.2) is 16.6 Å². The van der Waals surface area contributed by atoms with Crippen LogP contribution in [0.15, 0.2) is 47.8 Å². The molecule has 7 heteroatoms. The van der Waals surface area contributed by atoms with E-state index in [2.05, 4.69) is 41.5 Å².